The van der Waals surface area contributed by atoms with Crippen molar-refractivity contribution in [2.45, 2.75) is 69.4 Å². The number of aliphatic hydroxyl groups excluding tert-OH is 3. The Kier molecular flexibility index (Phi) is 9.92. The molecule has 0 unspecified atom stereocenters. The number of hydrogen-bond acceptors (Lipinski definition) is 11. The van der Waals surface area contributed by atoms with E-state index in [0.717, 1.165) is 18.3 Å². The molecule has 3 aliphatic rings. The second kappa shape index (κ2) is 13.0. The van der Waals surface area contributed by atoms with Crippen LogP contribution in [0.3, 0.4) is 0 Å². The summed E-state index contributed by atoms with van der Waals surface area (Å²) in [6.07, 6.45) is -9.83. The number of aliphatic carboxylic acids is 1. The number of carbonyl (C=O) groups excluding carboxylic acids is 3. The van der Waals surface area contributed by atoms with E-state index in [0.29, 0.717) is 19.1 Å². The van der Waals surface area contributed by atoms with Gasteiger partial charge < -0.3 is 54.2 Å². The number of rotatable bonds is 6. The average Bonchev–Trinajstić information content (AvgIpc) is 2.93. The summed E-state index contributed by atoms with van der Waals surface area (Å²) in [5, 5.41) is 44.4. The van der Waals surface area contributed by atoms with Crippen molar-refractivity contribution in [1.82, 2.24) is 14.8 Å². The van der Waals surface area contributed by atoms with Gasteiger partial charge in [-0.25, -0.2) is 8.78 Å². The van der Waals surface area contributed by atoms with Crippen molar-refractivity contribution in [1.29, 1.82) is 0 Å². The Morgan fingerprint density at radius 1 is 1.16 bits per heavy atom. The SMILES string of the molecule is C[C@@H]1CCO[C@H]2Cn3cc(C(=O)NCc4ccc(F)cc4F)c(=O)c(O[C@@H]4O[C@H](C(=O)[O-])[C@@H](O)[C@H](O)[C@H]4O)c3C(=O)N12.[Na+]. The first-order valence-corrected chi connectivity index (χ1v) is 12.9. The first-order valence-electron chi connectivity index (χ1n) is 12.9. The van der Waals surface area contributed by atoms with Crippen LogP contribution in [0.4, 0.5) is 8.78 Å². The Morgan fingerprint density at radius 2 is 1.88 bits per heavy atom. The van der Waals surface area contributed by atoms with Crippen LogP contribution < -0.4 is 50.1 Å². The third kappa shape index (κ3) is 6.19. The van der Waals surface area contributed by atoms with E-state index < -0.39 is 89.6 Å². The zero-order valence-electron chi connectivity index (χ0n) is 22.9. The number of benzene rings is 1. The number of nitrogens with zero attached hydrogens (tertiary/aromatic N) is 2. The van der Waals surface area contributed by atoms with Gasteiger partial charge in [-0.1, -0.05) is 6.07 Å². The standard InChI is InChI=1S/C26H27F2N3O11.Na/c1-10-4-5-40-15-9-30-8-13(23(36)29-7-11-2-3-12(27)6-14(11)28)17(32)21(16(30)24(37)31(10)15)41-26-20(35)18(33)19(34)22(42-26)25(38)39;/h2-3,6,8,10,15,18-20,22,26,33-35H,4-5,7,9H2,1H3,(H,29,36)(H,38,39);/q;+1/p-1/t10-,15+,18+,19+,20-,22+,26-;/m1./s1. The average molecular weight is 617 g/mol. The van der Waals surface area contributed by atoms with Gasteiger partial charge in [0.05, 0.1) is 19.1 Å². The molecule has 2 fully saturated rings. The number of pyridine rings is 1. The van der Waals surface area contributed by atoms with E-state index >= 15 is 0 Å². The number of fused-ring (bicyclic) bond motifs is 2. The largest absolute Gasteiger partial charge is 1.00 e. The van der Waals surface area contributed by atoms with E-state index in [1.807, 2.05) is 0 Å². The molecule has 3 aliphatic heterocycles. The Balaban J connectivity index is 0.00000423. The quantitative estimate of drug-likeness (QED) is 0.226. The van der Waals surface area contributed by atoms with Crippen LogP contribution in [-0.2, 0) is 27.4 Å². The van der Waals surface area contributed by atoms with Crippen molar-refractivity contribution in [3.8, 4) is 5.75 Å². The predicted molar refractivity (Wildman–Crippen MR) is 131 cm³/mol. The zero-order chi connectivity index (χ0) is 30.5. The van der Waals surface area contributed by atoms with E-state index in [4.69, 9.17) is 14.2 Å². The van der Waals surface area contributed by atoms with Gasteiger partial charge in [0.2, 0.25) is 11.7 Å². The van der Waals surface area contributed by atoms with Gasteiger partial charge in [-0.05, 0) is 19.4 Å². The molecule has 43 heavy (non-hydrogen) atoms. The normalized spacial score (nSPS) is 28.3. The summed E-state index contributed by atoms with van der Waals surface area (Å²) in [4.78, 5) is 53.2. The second-order valence-corrected chi connectivity index (χ2v) is 10.1. The molecule has 1 aromatic carbocycles. The molecule has 5 rings (SSSR count). The minimum absolute atomic E-state index is 0. The fourth-order valence-corrected chi connectivity index (χ4v) is 5.11. The van der Waals surface area contributed by atoms with Gasteiger partial charge in [-0.3, -0.25) is 14.4 Å². The summed E-state index contributed by atoms with van der Waals surface area (Å²) in [5.41, 5.74) is -2.24. The number of aliphatic hydroxyl groups is 3. The number of amides is 2. The number of ether oxygens (including phenoxy) is 3. The van der Waals surface area contributed by atoms with Gasteiger partial charge in [-0.15, -0.1) is 0 Å². The molecule has 4 heterocycles. The van der Waals surface area contributed by atoms with Crippen LogP contribution in [0, 0.1) is 11.6 Å². The molecule has 226 valence electrons. The summed E-state index contributed by atoms with van der Waals surface area (Å²) in [6.45, 7) is 1.58. The Bertz CT molecular complexity index is 1490. The number of carboxylic acids is 1. The molecule has 0 saturated carbocycles. The van der Waals surface area contributed by atoms with Gasteiger partial charge in [-0.2, -0.15) is 0 Å². The van der Waals surface area contributed by atoms with Crippen LogP contribution >= 0.6 is 0 Å². The van der Waals surface area contributed by atoms with E-state index in [2.05, 4.69) is 5.32 Å². The molecule has 7 atom stereocenters. The minimum atomic E-state index is -2.18. The summed E-state index contributed by atoms with van der Waals surface area (Å²) >= 11 is 0. The van der Waals surface area contributed by atoms with Crippen LogP contribution in [0.25, 0.3) is 0 Å². The number of carboxylic acid groups (broad SMARTS) is 1. The molecule has 2 saturated heterocycles. The minimum Gasteiger partial charge on any atom is -0.547 e. The van der Waals surface area contributed by atoms with Gasteiger partial charge >= 0.3 is 29.6 Å². The number of aromatic nitrogens is 1. The molecular weight excluding hydrogens is 591 g/mol. The molecule has 2 aromatic rings. The fourth-order valence-electron chi connectivity index (χ4n) is 5.11. The van der Waals surface area contributed by atoms with Gasteiger partial charge in [0, 0.05) is 30.4 Å². The molecule has 2 amide bonds. The van der Waals surface area contributed by atoms with Crippen LogP contribution in [0.15, 0.2) is 29.2 Å². The monoisotopic (exact) mass is 617 g/mol. The smallest absolute Gasteiger partial charge is 0.547 e. The van der Waals surface area contributed by atoms with E-state index in [-0.39, 0.29) is 53.4 Å². The Hall–Kier alpha value is -2.96. The molecule has 1 aromatic heterocycles. The molecular formula is C26H26F2N3NaO11. The number of carbonyl (C=O) groups is 3. The van der Waals surface area contributed by atoms with Crippen molar-refractivity contribution >= 4 is 17.8 Å². The van der Waals surface area contributed by atoms with E-state index in [9.17, 15) is 48.4 Å². The van der Waals surface area contributed by atoms with Crippen molar-refractivity contribution in [3.63, 3.8) is 0 Å². The van der Waals surface area contributed by atoms with Crippen molar-refractivity contribution in [2.24, 2.45) is 0 Å². The fraction of sp³-hybridized carbons (Fsp3) is 0.462. The molecule has 14 nitrogen and oxygen atoms in total. The Labute approximate surface area is 264 Å². The van der Waals surface area contributed by atoms with Crippen LogP contribution in [-0.4, -0.2) is 92.2 Å². The summed E-state index contributed by atoms with van der Waals surface area (Å²) in [5.74, 6) is -6.33. The topological polar surface area (TPSA) is 200 Å². The third-order valence-corrected chi connectivity index (χ3v) is 7.39. The number of hydrogen-bond donors (Lipinski definition) is 4. The maximum Gasteiger partial charge on any atom is 1.00 e. The van der Waals surface area contributed by atoms with Crippen LogP contribution in [0.2, 0.25) is 0 Å². The van der Waals surface area contributed by atoms with Crippen LogP contribution in [0.5, 0.6) is 5.75 Å². The molecule has 0 aliphatic carbocycles. The zero-order valence-corrected chi connectivity index (χ0v) is 24.9. The van der Waals surface area contributed by atoms with Gasteiger partial charge in [0.1, 0.15) is 41.6 Å². The van der Waals surface area contributed by atoms with Crippen molar-refractivity contribution in [3.05, 3.63) is 63.1 Å². The summed E-state index contributed by atoms with van der Waals surface area (Å²) in [6, 6.07) is 2.37. The predicted octanol–water partition coefficient (Wildman–Crippen LogP) is -5.41. The molecule has 17 heteroatoms. The molecule has 4 N–H and O–H groups in total. The Morgan fingerprint density at radius 3 is 2.56 bits per heavy atom. The van der Waals surface area contributed by atoms with Gasteiger partial charge in [0.25, 0.3) is 11.8 Å². The van der Waals surface area contributed by atoms with Gasteiger partial charge in [0.15, 0.2) is 17.7 Å². The summed E-state index contributed by atoms with van der Waals surface area (Å²) < 4.78 is 44.9. The summed E-state index contributed by atoms with van der Waals surface area (Å²) in [7, 11) is 0. The molecule has 0 spiro atoms. The first kappa shape index (κ1) is 32.9. The second-order valence-electron chi connectivity index (χ2n) is 10.1. The number of nitrogens with one attached hydrogen (secondary N) is 1. The number of halogens is 2. The van der Waals surface area contributed by atoms with E-state index in [1.165, 1.54) is 9.47 Å². The van der Waals surface area contributed by atoms with Crippen molar-refractivity contribution < 1.29 is 87.4 Å². The third-order valence-electron chi connectivity index (χ3n) is 7.39. The maximum absolute atomic E-state index is 14.1. The van der Waals surface area contributed by atoms with Crippen LogP contribution in [0.1, 0.15) is 39.8 Å². The van der Waals surface area contributed by atoms with Crippen molar-refractivity contribution in [2.75, 3.05) is 6.61 Å². The first-order chi connectivity index (χ1) is 19.9. The molecule has 0 bridgehead atoms. The maximum atomic E-state index is 14.1. The van der Waals surface area contributed by atoms with E-state index in [1.54, 1.807) is 6.92 Å². The molecule has 0 radical (unpaired) electrons.